The number of hydrogen-bond donors (Lipinski definition) is 3. The summed E-state index contributed by atoms with van der Waals surface area (Å²) in [5.74, 6) is -0.967. The fraction of sp³-hybridized carbons (Fsp3) is 0.250. The van der Waals surface area contributed by atoms with E-state index in [2.05, 4.69) is 20.9 Å². The Kier molecular flexibility index (Phi) is 7.12. The number of benzene rings is 2. The maximum absolute atomic E-state index is 12.4. The van der Waals surface area contributed by atoms with Gasteiger partial charge in [0.05, 0.1) is 24.4 Å². The lowest BCUT2D eigenvalue weighted by Gasteiger charge is -2.26. The van der Waals surface area contributed by atoms with Gasteiger partial charge in [-0.2, -0.15) is 0 Å². The summed E-state index contributed by atoms with van der Waals surface area (Å²) < 4.78 is 10.6. The highest BCUT2D eigenvalue weighted by molar-refractivity contribution is 6.39. The molecule has 3 aromatic rings. The number of nitrogens with zero attached hydrogens (tertiary/aromatic N) is 1. The second-order valence-corrected chi connectivity index (χ2v) is 8.07. The lowest BCUT2D eigenvalue weighted by atomic mass is 10.0. The molecule has 0 radical (unpaired) electrons. The molecule has 0 aliphatic carbocycles. The minimum Gasteiger partial charge on any atom is -0.496 e. The summed E-state index contributed by atoms with van der Waals surface area (Å²) in [5.41, 5.74) is 1.57. The first-order valence-corrected chi connectivity index (χ1v) is 10.2. The first kappa shape index (κ1) is 23.5. The Labute approximate surface area is 191 Å². The molecule has 0 unspecified atom stereocenters. The number of carbonyl (C=O) groups is 3. The predicted molar refractivity (Wildman–Crippen MR) is 123 cm³/mol. The van der Waals surface area contributed by atoms with Crippen molar-refractivity contribution in [1.82, 2.24) is 15.6 Å². The number of carbonyl (C=O) groups excluding carboxylic acids is 3. The van der Waals surface area contributed by atoms with Crippen LogP contribution in [0.15, 0.2) is 59.5 Å². The van der Waals surface area contributed by atoms with E-state index in [1.807, 2.05) is 19.1 Å². The summed E-state index contributed by atoms with van der Waals surface area (Å²) in [4.78, 5) is 41.2. The van der Waals surface area contributed by atoms with Gasteiger partial charge in [0.15, 0.2) is 12.2 Å². The molecule has 33 heavy (non-hydrogen) atoms. The van der Waals surface area contributed by atoms with Crippen molar-refractivity contribution < 1.29 is 23.5 Å². The molecule has 1 heterocycles. The smallest absolute Gasteiger partial charge is 0.313 e. The molecule has 9 heteroatoms. The lowest BCUT2D eigenvalue weighted by molar-refractivity contribution is -0.137. The van der Waals surface area contributed by atoms with Gasteiger partial charge in [0.2, 0.25) is 0 Å². The number of aryl methyl sites for hydroxylation is 1. The van der Waals surface area contributed by atoms with E-state index in [4.69, 9.17) is 9.15 Å². The van der Waals surface area contributed by atoms with Crippen LogP contribution in [0, 0.1) is 6.92 Å². The maximum atomic E-state index is 12.4. The molecule has 172 valence electrons. The van der Waals surface area contributed by atoms with E-state index in [9.17, 15) is 14.4 Å². The summed E-state index contributed by atoms with van der Waals surface area (Å²) in [5, 5.41) is 7.98. The molecular weight excluding hydrogens is 424 g/mol. The molecule has 0 bridgehead atoms. The van der Waals surface area contributed by atoms with Gasteiger partial charge >= 0.3 is 11.8 Å². The number of ether oxygens (including phenoxy) is 1. The Balaban J connectivity index is 1.59. The molecule has 0 aliphatic heterocycles. The first-order valence-electron chi connectivity index (χ1n) is 10.2. The summed E-state index contributed by atoms with van der Waals surface area (Å²) in [7, 11) is 1.49. The van der Waals surface area contributed by atoms with E-state index in [1.54, 1.807) is 50.4 Å². The van der Waals surface area contributed by atoms with Gasteiger partial charge in [-0.15, -0.1) is 0 Å². The number of methoxy groups -OCH3 is 1. The van der Waals surface area contributed by atoms with Gasteiger partial charge in [0.25, 0.3) is 5.91 Å². The predicted octanol–water partition coefficient (Wildman–Crippen LogP) is 2.92. The van der Waals surface area contributed by atoms with E-state index in [1.165, 1.54) is 13.5 Å². The van der Waals surface area contributed by atoms with Gasteiger partial charge in [0, 0.05) is 23.9 Å². The molecule has 0 spiro atoms. The Hall–Kier alpha value is -4.14. The lowest BCUT2D eigenvalue weighted by Crippen LogP contribution is -2.54. The SMILES string of the molecule is COc1cc(NC(=O)C(=O)NC(C)(C)CNC(=O)c2ccccc2C)ccc1-c1cnco1. The van der Waals surface area contributed by atoms with Crippen LogP contribution in [0.3, 0.4) is 0 Å². The van der Waals surface area contributed by atoms with Gasteiger partial charge in [0.1, 0.15) is 5.75 Å². The van der Waals surface area contributed by atoms with Crippen LogP contribution in [0.5, 0.6) is 5.75 Å². The van der Waals surface area contributed by atoms with Crippen molar-refractivity contribution in [2.45, 2.75) is 26.3 Å². The molecule has 3 amide bonds. The topological polar surface area (TPSA) is 123 Å². The third-order valence-corrected chi connectivity index (χ3v) is 4.90. The van der Waals surface area contributed by atoms with Crippen LogP contribution in [-0.2, 0) is 9.59 Å². The quantitative estimate of drug-likeness (QED) is 0.476. The van der Waals surface area contributed by atoms with Crippen molar-refractivity contribution in [2.24, 2.45) is 0 Å². The van der Waals surface area contributed by atoms with E-state index in [0.717, 1.165) is 5.56 Å². The third-order valence-electron chi connectivity index (χ3n) is 4.90. The van der Waals surface area contributed by atoms with Gasteiger partial charge in [-0.1, -0.05) is 18.2 Å². The Bertz CT molecular complexity index is 1160. The summed E-state index contributed by atoms with van der Waals surface area (Å²) >= 11 is 0. The van der Waals surface area contributed by atoms with Crippen molar-refractivity contribution in [3.05, 3.63) is 66.2 Å². The molecule has 1 aromatic heterocycles. The molecule has 0 saturated carbocycles. The van der Waals surface area contributed by atoms with Crippen molar-refractivity contribution in [2.75, 3.05) is 19.0 Å². The molecule has 3 N–H and O–H groups in total. The summed E-state index contributed by atoms with van der Waals surface area (Å²) in [6, 6.07) is 12.1. The molecule has 0 fully saturated rings. The average molecular weight is 450 g/mol. The van der Waals surface area contributed by atoms with Crippen LogP contribution in [0.25, 0.3) is 11.3 Å². The molecule has 9 nitrogen and oxygen atoms in total. The second kappa shape index (κ2) is 9.99. The fourth-order valence-corrected chi connectivity index (χ4v) is 3.14. The Morgan fingerprint density at radius 2 is 1.85 bits per heavy atom. The number of hydrogen-bond acceptors (Lipinski definition) is 6. The minimum absolute atomic E-state index is 0.138. The molecule has 2 aromatic carbocycles. The van der Waals surface area contributed by atoms with Crippen LogP contribution in [-0.4, -0.2) is 41.9 Å². The van der Waals surface area contributed by atoms with E-state index in [-0.39, 0.29) is 12.5 Å². The van der Waals surface area contributed by atoms with Crippen LogP contribution < -0.4 is 20.7 Å². The van der Waals surface area contributed by atoms with Gasteiger partial charge < -0.3 is 25.1 Å². The third kappa shape index (κ3) is 5.97. The standard InChI is InChI=1S/C24H26N4O5/c1-15-7-5-6-8-17(15)21(29)26-13-24(2,3)28-23(31)22(30)27-16-9-10-18(19(11-16)32-4)20-12-25-14-33-20/h5-12,14H,13H2,1-4H3,(H,26,29)(H,27,30)(H,28,31). The number of nitrogens with one attached hydrogen (secondary N) is 3. The number of aromatic nitrogens is 1. The molecular formula is C24H26N4O5. The molecule has 0 saturated heterocycles. The average Bonchev–Trinajstić information content (AvgIpc) is 3.32. The molecule has 3 rings (SSSR count). The van der Waals surface area contributed by atoms with Gasteiger partial charge in [-0.3, -0.25) is 14.4 Å². The normalized spacial score (nSPS) is 10.9. The largest absolute Gasteiger partial charge is 0.496 e. The molecule has 0 atom stereocenters. The number of anilines is 1. The highest BCUT2D eigenvalue weighted by Crippen LogP contribution is 2.32. The second-order valence-electron chi connectivity index (χ2n) is 8.07. The minimum atomic E-state index is -0.861. The zero-order chi connectivity index (χ0) is 24.0. The zero-order valence-electron chi connectivity index (χ0n) is 18.9. The first-order chi connectivity index (χ1) is 15.7. The summed E-state index contributed by atoms with van der Waals surface area (Å²) in [6.07, 6.45) is 2.85. The highest BCUT2D eigenvalue weighted by Gasteiger charge is 2.26. The van der Waals surface area contributed by atoms with Crippen molar-refractivity contribution >= 4 is 23.4 Å². The number of rotatable bonds is 7. The van der Waals surface area contributed by atoms with Crippen molar-refractivity contribution in [3.63, 3.8) is 0 Å². The van der Waals surface area contributed by atoms with Crippen molar-refractivity contribution in [3.8, 4) is 17.1 Å². The van der Waals surface area contributed by atoms with Crippen LogP contribution >= 0.6 is 0 Å². The Morgan fingerprint density at radius 1 is 1.09 bits per heavy atom. The van der Waals surface area contributed by atoms with Crippen LogP contribution in [0.1, 0.15) is 29.8 Å². The highest BCUT2D eigenvalue weighted by atomic mass is 16.5. The maximum Gasteiger partial charge on any atom is 0.313 e. The molecule has 0 aliphatic rings. The van der Waals surface area contributed by atoms with Gasteiger partial charge in [-0.25, -0.2) is 4.98 Å². The number of amides is 3. The zero-order valence-corrected chi connectivity index (χ0v) is 18.9. The van der Waals surface area contributed by atoms with Crippen LogP contribution in [0.4, 0.5) is 5.69 Å². The van der Waals surface area contributed by atoms with E-state index < -0.39 is 17.4 Å². The van der Waals surface area contributed by atoms with Crippen LogP contribution in [0.2, 0.25) is 0 Å². The van der Waals surface area contributed by atoms with E-state index in [0.29, 0.717) is 28.3 Å². The summed E-state index contributed by atoms with van der Waals surface area (Å²) in [6.45, 7) is 5.41. The van der Waals surface area contributed by atoms with Gasteiger partial charge in [-0.05, 0) is 44.5 Å². The monoisotopic (exact) mass is 450 g/mol. The Morgan fingerprint density at radius 3 is 2.52 bits per heavy atom. The van der Waals surface area contributed by atoms with Crippen molar-refractivity contribution in [1.29, 1.82) is 0 Å². The number of oxazole rings is 1. The fourth-order valence-electron chi connectivity index (χ4n) is 3.14. The van der Waals surface area contributed by atoms with E-state index >= 15 is 0 Å².